The second-order valence-corrected chi connectivity index (χ2v) is 7.65. The first-order valence-electron chi connectivity index (χ1n) is 9.98. The summed E-state index contributed by atoms with van der Waals surface area (Å²) in [5.41, 5.74) is -1.55. The van der Waals surface area contributed by atoms with E-state index in [1.165, 1.54) is 12.1 Å². The summed E-state index contributed by atoms with van der Waals surface area (Å²) in [5.74, 6) is -0.840. The second kappa shape index (κ2) is 9.46. The van der Waals surface area contributed by atoms with Gasteiger partial charge < -0.3 is 15.0 Å². The summed E-state index contributed by atoms with van der Waals surface area (Å²) < 4.78 is 4.79. The molecule has 0 atom stereocenters. The van der Waals surface area contributed by atoms with Crippen LogP contribution >= 0.6 is 0 Å². The number of nitrogens with zero attached hydrogens (tertiary/aromatic N) is 4. The molecule has 1 N–H and O–H groups in total. The van der Waals surface area contributed by atoms with Crippen molar-refractivity contribution in [2.24, 2.45) is 5.92 Å². The van der Waals surface area contributed by atoms with Gasteiger partial charge in [-0.05, 0) is 30.9 Å². The Balaban J connectivity index is 1.93. The summed E-state index contributed by atoms with van der Waals surface area (Å²) >= 11 is 0. The number of nitro benzene ring substituents is 3. The number of methoxy groups -OCH3 is 1. The molecule has 0 aromatic heterocycles. The van der Waals surface area contributed by atoms with Gasteiger partial charge in [-0.2, -0.15) is 0 Å². The first kappa shape index (κ1) is 23.4. The maximum absolute atomic E-state index is 12.7. The normalized spacial score (nSPS) is 13.9. The smallest absolute Gasteiger partial charge is 0.320 e. The first-order chi connectivity index (χ1) is 15.6. The maximum Gasteiger partial charge on any atom is 0.320 e. The number of carbonyl (C=O) groups is 1. The molecule has 0 saturated carbocycles. The van der Waals surface area contributed by atoms with Crippen molar-refractivity contribution < 1.29 is 24.3 Å². The summed E-state index contributed by atoms with van der Waals surface area (Å²) in [7, 11) is 1.05. The Kier molecular flexibility index (Phi) is 6.70. The molecule has 1 saturated heterocycles. The quantitative estimate of drug-likeness (QED) is 0.476. The van der Waals surface area contributed by atoms with Crippen molar-refractivity contribution in [2.75, 3.05) is 30.4 Å². The van der Waals surface area contributed by atoms with Crippen LogP contribution in [0.4, 0.5) is 28.4 Å². The Morgan fingerprint density at radius 3 is 2.00 bits per heavy atom. The number of carbonyl (C=O) groups excluding carboxylic acids is 1. The fourth-order valence-electron chi connectivity index (χ4n) is 3.68. The lowest BCUT2D eigenvalue weighted by Crippen LogP contribution is -2.33. The lowest BCUT2D eigenvalue weighted by atomic mass is 9.98. The van der Waals surface area contributed by atoms with Crippen molar-refractivity contribution in [1.82, 2.24) is 0 Å². The number of rotatable bonds is 7. The van der Waals surface area contributed by atoms with E-state index in [1.807, 2.05) is 4.90 Å². The molecule has 0 radical (unpaired) electrons. The number of benzene rings is 2. The third-order valence-corrected chi connectivity index (χ3v) is 5.46. The summed E-state index contributed by atoms with van der Waals surface area (Å²) in [4.78, 5) is 46.6. The Bertz CT molecular complexity index is 1090. The second-order valence-electron chi connectivity index (χ2n) is 7.65. The van der Waals surface area contributed by atoms with Gasteiger partial charge in [-0.1, -0.05) is 6.92 Å². The highest BCUT2D eigenvalue weighted by molar-refractivity contribution is 6.05. The summed E-state index contributed by atoms with van der Waals surface area (Å²) in [6.45, 7) is 3.44. The van der Waals surface area contributed by atoms with Crippen LogP contribution in [0.1, 0.15) is 30.1 Å². The van der Waals surface area contributed by atoms with Crippen LogP contribution < -0.4 is 15.0 Å². The van der Waals surface area contributed by atoms with Crippen LogP contribution in [0, 0.1) is 36.3 Å². The SMILES string of the molecule is COc1c([N+](=O)[O-])cc(NC(=O)c2ccc(N3CCC(C)CC3)c([N+](=O)[O-])c2)cc1[N+](=O)[O-]. The van der Waals surface area contributed by atoms with E-state index in [2.05, 4.69) is 12.2 Å². The topological polar surface area (TPSA) is 171 Å². The largest absolute Gasteiger partial charge is 0.485 e. The standard InChI is InChI=1S/C20H21N5O8/c1-12-5-7-22(8-6-12)15-4-3-13(9-16(15)23(27)28)20(26)21-14-10-17(24(29)30)19(33-2)18(11-14)25(31)32/h3-4,9-12H,5-8H2,1-2H3,(H,21,26). The highest BCUT2D eigenvalue weighted by Gasteiger charge is 2.29. The van der Waals surface area contributed by atoms with Gasteiger partial charge in [-0.15, -0.1) is 0 Å². The lowest BCUT2D eigenvalue weighted by molar-refractivity contribution is -0.395. The number of nitro groups is 3. The highest BCUT2D eigenvalue weighted by Crippen LogP contribution is 2.39. The van der Waals surface area contributed by atoms with Crippen LogP contribution in [-0.4, -0.2) is 40.9 Å². The van der Waals surface area contributed by atoms with Crippen LogP contribution in [-0.2, 0) is 0 Å². The fourth-order valence-corrected chi connectivity index (χ4v) is 3.68. The highest BCUT2D eigenvalue weighted by atomic mass is 16.6. The van der Waals surface area contributed by atoms with E-state index in [0.29, 0.717) is 24.7 Å². The molecule has 13 nitrogen and oxygen atoms in total. The zero-order valence-electron chi connectivity index (χ0n) is 17.8. The minimum atomic E-state index is -0.874. The summed E-state index contributed by atoms with van der Waals surface area (Å²) in [6, 6.07) is 5.85. The molecular formula is C20H21N5O8. The molecule has 0 aliphatic carbocycles. The Morgan fingerprint density at radius 1 is 0.970 bits per heavy atom. The molecule has 2 aromatic carbocycles. The van der Waals surface area contributed by atoms with E-state index < -0.39 is 37.8 Å². The molecule has 33 heavy (non-hydrogen) atoms. The molecular weight excluding hydrogens is 438 g/mol. The molecule has 3 rings (SSSR count). The van der Waals surface area contributed by atoms with Gasteiger partial charge in [-0.3, -0.25) is 35.1 Å². The average molecular weight is 459 g/mol. The molecule has 1 aliphatic heterocycles. The van der Waals surface area contributed by atoms with Gasteiger partial charge in [0, 0.05) is 36.9 Å². The summed E-state index contributed by atoms with van der Waals surface area (Å²) in [6.07, 6.45) is 1.79. The van der Waals surface area contributed by atoms with Crippen molar-refractivity contribution in [3.8, 4) is 5.75 Å². The van der Waals surface area contributed by atoms with Crippen LogP contribution in [0.25, 0.3) is 0 Å². The van der Waals surface area contributed by atoms with Gasteiger partial charge in [0.2, 0.25) is 0 Å². The molecule has 2 aromatic rings. The summed E-state index contributed by atoms with van der Waals surface area (Å²) in [5, 5.41) is 36.6. The van der Waals surface area contributed by atoms with E-state index in [-0.39, 0.29) is 16.9 Å². The molecule has 1 heterocycles. The van der Waals surface area contributed by atoms with Crippen molar-refractivity contribution in [2.45, 2.75) is 19.8 Å². The number of amides is 1. The maximum atomic E-state index is 12.7. The number of ether oxygens (including phenoxy) is 1. The van der Waals surface area contributed by atoms with Gasteiger partial charge in [0.1, 0.15) is 5.69 Å². The van der Waals surface area contributed by atoms with Gasteiger partial charge in [0.05, 0.1) is 27.6 Å². The number of anilines is 2. The zero-order valence-corrected chi connectivity index (χ0v) is 17.8. The van der Waals surface area contributed by atoms with E-state index in [0.717, 1.165) is 38.2 Å². The molecule has 174 valence electrons. The van der Waals surface area contributed by atoms with Gasteiger partial charge >= 0.3 is 11.4 Å². The van der Waals surface area contributed by atoms with Crippen molar-refractivity contribution in [3.05, 3.63) is 66.2 Å². The molecule has 0 bridgehead atoms. The van der Waals surface area contributed by atoms with Crippen LogP contribution in [0.5, 0.6) is 5.75 Å². The number of hydrogen-bond donors (Lipinski definition) is 1. The molecule has 1 aliphatic rings. The van der Waals surface area contributed by atoms with Crippen LogP contribution in [0.15, 0.2) is 30.3 Å². The van der Waals surface area contributed by atoms with Crippen molar-refractivity contribution in [1.29, 1.82) is 0 Å². The van der Waals surface area contributed by atoms with Crippen molar-refractivity contribution >= 4 is 34.3 Å². The van der Waals surface area contributed by atoms with Crippen LogP contribution in [0.3, 0.4) is 0 Å². The zero-order chi connectivity index (χ0) is 24.3. The van der Waals surface area contributed by atoms with Gasteiger partial charge in [-0.25, -0.2) is 0 Å². The minimum absolute atomic E-state index is 0.0723. The van der Waals surface area contributed by atoms with E-state index >= 15 is 0 Å². The van der Waals surface area contributed by atoms with Crippen molar-refractivity contribution in [3.63, 3.8) is 0 Å². The predicted octanol–water partition coefficient (Wildman–Crippen LogP) is 3.91. The first-order valence-corrected chi connectivity index (χ1v) is 9.98. The van der Waals surface area contributed by atoms with E-state index in [4.69, 9.17) is 4.74 Å². The predicted molar refractivity (Wildman–Crippen MR) is 118 cm³/mol. The van der Waals surface area contributed by atoms with Gasteiger partial charge in [0.25, 0.3) is 17.3 Å². The monoisotopic (exact) mass is 459 g/mol. The molecule has 0 spiro atoms. The third-order valence-electron chi connectivity index (χ3n) is 5.46. The molecule has 1 fully saturated rings. The number of hydrogen-bond acceptors (Lipinski definition) is 9. The molecule has 0 unspecified atom stereocenters. The lowest BCUT2D eigenvalue weighted by Gasteiger charge is -2.31. The van der Waals surface area contributed by atoms with E-state index in [9.17, 15) is 35.1 Å². The fraction of sp³-hybridized carbons (Fsp3) is 0.350. The third kappa shape index (κ3) is 4.97. The molecule has 1 amide bonds. The number of piperidine rings is 1. The Hall–Kier alpha value is -4.29. The Labute approximate surface area is 187 Å². The minimum Gasteiger partial charge on any atom is -0.485 e. The van der Waals surface area contributed by atoms with Crippen LogP contribution in [0.2, 0.25) is 0 Å². The molecule has 13 heteroatoms. The average Bonchev–Trinajstić information content (AvgIpc) is 2.78. The van der Waals surface area contributed by atoms with Gasteiger partial charge in [0.15, 0.2) is 0 Å². The number of nitrogens with one attached hydrogen (secondary N) is 1. The Morgan fingerprint density at radius 2 is 1.52 bits per heavy atom. The van der Waals surface area contributed by atoms with E-state index in [1.54, 1.807) is 0 Å².